The second kappa shape index (κ2) is 12.3. The van der Waals surface area contributed by atoms with E-state index in [0.29, 0.717) is 17.6 Å². The van der Waals surface area contributed by atoms with Gasteiger partial charge in [-0.1, -0.05) is 146 Å². The molecule has 12 rings (SSSR count). The van der Waals surface area contributed by atoms with Gasteiger partial charge in [0.2, 0.25) is 5.95 Å². The zero-order valence-corrected chi connectivity index (χ0v) is 30.5. The lowest BCUT2D eigenvalue weighted by Crippen LogP contribution is -2.07. The number of nitrogens with zero attached hydrogens (tertiary/aromatic N) is 5. The molecule has 6 heteroatoms. The number of hydrogen-bond donors (Lipinski definition) is 0. The van der Waals surface area contributed by atoms with Crippen LogP contribution >= 0.6 is 0 Å². The Morgan fingerprint density at radius 2 is 0.842 bits per heavy atom. The highest BCUT2D eigenvalue weighted by molar-refractivity contribution is 6.23. The Kier molecular flexibility index (Phi) is 6.83. The molecule has 0 saturated heterocycles. The number of fused-ring (bicyclic) bond motifs is 10. The third-order valence-electron chi connectivity index (χ3n) is 11.2. The summed E-state index contributed by atoms with van der Waals surface area (Å²) in [5.74, 6) is 1.80. The second-order valence-electron chi connectivity index (χ2n) is 14.4. The standard InChI is InChI=1S/C51H31N5O/c1-3-14-32(15-4-1)49-52-50(33-16-5-2-6-17-33)54-51(53-49)56-44-24-11-8-21-38(44)42-29-28-41-37-20-7-10-23-43(37)55(47(41)48(42)56)36-19-13-18-34(30-36)35-26-27-40-39-22-9-12-25-45(39)57-46(40)31-35/h1-31H. The van der Waals surface area contributed by atoms with Crippen LogP contribution in [0, 0.1) is 0 Å². The van der Waals surface area contributed by atoms with E-state index in [0.717, 1.165) is 88.1 Å². The van der Waals surface area contributed by atoms with E-state index in [4.69, 9.17) is 19.4 Å². The van der Waals surface area contributed by atoms with Crippen LogP contribution in [0.1, 0.15) is 0 Å². The smallest absolute Gasteiger partial charge is 0.238 e. The quantitative estimate of drug-likeness (QED) is 0.177. The minimum atomic E-state index is 0.561. The van der Waals surface area contributed by atoms with Crippen molar-refractivity contribution in [1.29, 1.82) is 0 Å². The fourth-order valence-electron chi connectivity index (χ4n) is 8.60. The number of benzene rings is 8. The van der Waals surface area contributed by atoms with Gasteiger partial charge in [-0.2, -0.15) is 9.97 Å². The third-order valence-corrected chi connectivity index (χ3v) is 11.2. The molecule has 0 radical (unpaired) electrons. The van der Waals surface area contributed by atoms with E-state index in [1.165, 1.54) is 5.39 Å². The van der Waals surface area contributed by atoms with Crippen molar-refractivity contribution in [2.75, 3.05) is 0 Å². The minimum Gasteiger partial charge on any atom is -0.456 e. The normalized spacial score (nSPS) is 11.9. The van der Waals surface area contributed by atoms with Gasteiger partial charge in [-0.3, -0.25) is 4.57 Å². The van der Waals surface area contributed by atoms with Crippen molar-refractivity contribution in [3.8, 4) is 45.5 Å². The topological polar surface area (TPSA) is 61.7 Å². The Hall–Kier alpha value is -7.83. The second-order valence-corrected chi connectivity index (χ2v) is 14.4. The molecule has 0 aliphatic carbocycles. The van der Waals surface area contributed by atoms with E-state index >= 15 is 0 Å². The summed E-state index contributed by atoms with van der Waals surface area (Å²) < 4.78 is 11.0. The highest BCUT2D eigenvalue weighted by atomic mass is 16.3. The Labute approximate surface area is 326 Å². The molecule has 266 valence electrons. The van der Waals surface area contributed by atoms with Gasteiger partial charge in [-0.25, -0.2) is 4.98 Å². The summed E-state index contributed by atoms with van der Waals surface area (Å²) in [6, 6.07) is 65.6. The summed E-state index contributed by atoms with van der Waals surface area (Å²) in [6.45, 7) is 0. The molecule has 4 aromatic heterocycles. The maximum absolute atomic E-state index is 6.31. The number of hydrogen-bond acceptors (Lipinski definition) is 4. The van der Waals surface area contributed by atoms with Crippen molar-refractivity contribution in [3.05, 3.63) is 188 Å². The van der Waals surface area contributed by atoms with Gasteiger partial charge >= 0.3 is 0 Å². The molecule has 0 bridgehead atoms. The zero-order valence-electron chi connectivity index (χ0n) is 30.5. The van der Waals surface area contributed by atoms with Crippen LogP contribution in [0.4, 0.5) is 0 Å². The number of furan rings is 1. The number of para-hydroxylation sites is 3. The Bertz CT molecular complexity index is 3470. The van der Waals surface area contributed by atoms with Crippen LogP contribution in [-0.2, 0) is 0 Å². The molecule has 0 atom stereocenters. The first-order chi connectivity index (χ1) is 28.3. The van der Waals surface area contributed by atoms with Crippen LogP contribution < -0.4 is 0 Å². The number of rotatable bonds is 5. The average molecular weight is 730 g/mol. The lowest BCUT2D eigenvalue weighted by atomic mass is 10.0. The summed E-state index contributed by atoms with van der Waals surface area (Å²) in [4.78, 5) is 15.5. The van der Waals surface area contributed by atoms with Crippen molar-refractivity contribution in [3.63, 3.8) is 0 Å². The Balaban J connectivity index is 1.16. The Morgan fingerprint density at radius 3 is 1.53 bits per heavy atom. The van der Waals surface area contributed by atoms with Crippen molar-refractivity contribution in [2.45, 2.75) is 0 Å². The van der Waals surface area contributed by atoms with Crippen LogP contribution in [0.5, 0.6) is 0 Å². The molecule has 0 unspecified atom stereocenters. The van der Waals surface area contributed by atoms with E-state index < -0.39 is 0 Å². The SMILES string of the molecule is c1ccc(-c2nc(-c3ccccc3)nc(-n3c4ccccc4c4ccc5c6ccccc6n(-c6cccc(-c7ccc8c(c7)oc7ccccc78)c6)c5c43)n2)cc1. The monoisotopic (exact) mass is 729 g/mol. The van der Waals surface area contributed by atoms with Gasteiger partial charge in [0.25, 0.3) is 0 Å². The first-order valence-corrected chi connectivity index (χ1v) is 19.1. The molecule has 0 spiro atoms. The third kappa shape index (κ3) is 4.87. The fraction of sp³-hybridized carbons (Fsp3) is 0. The lowest BCUT2D eigenvalue weighted by Gasteiger charge is -2.14. The van der Waals surface area contributed by atoms with E-state index in [-0.39, 0.29) is 0 Å². The van der Waals surface area contributed by atoms with Crippen molar-refractivity contribution in [1.82, 2.24) is 24.1 Å². The highest BCUT2D eigenvalue weighted by Gasteiger charge is 2.23. The molecule has 0 fully saturated rings. The molecule has 0 aliphatic heterocycles. The van der Waals surface area contributed by atoms with Gasteiger partial charge < -0.3 is 8.98 Å². The van der Waals surface area contributed by atoms with Gasteiger partial charge in [-0.15, -0.1) is 0 Å². The van der Waals surface area contributed by atoms with E-state index in [2.05, 4.69) is 149 Å². The van der Waals surface area contributed by atoms with Gasteiger partial charge in [0.15, 0.2) is 11.6 Å². The van der Waals surface area contributed by atoms with Crippen molar-refractivity contribution in [2.24, 2.45) is 0 Å². The molecular formula is C51H31N5O. The van der Waals surface area contributed by atoms with Gasteiger partial charge in [0.05, 0.1) is 22.1 Å². The van der Waals surface area contributed by atoms with Crippen molar-refractivity contribution < 1.29 is 4.42 Å². The largest absolute Gasteiger partial charge is 0.456 e. The van der Waals surface area contributed by atoms with E-state index in [1.54, 1.807) is 0 Å². The minimum absolute atomic E-state index is 0.561. The highest BCUT2D eigenvalue weighted by Crippen LogP contribution is 2.42. The average Bonchev–Trinajstić information content (AvgIpc) is 3.94. The summed E-state index contributed by atoms with van der Waals surface area (Å²) in [5, 5.41) is 6.82. The predicted molar refractivity (Wildman–Crippen MR) is 232 cm³/mol. The van der Waals surface area contributed by atoms with Gasteiger partial charge in [0, 0.05) is 49.1 Å². The molecule has 12 aromatic rings. The molecule has 0 saturated carbocycles. The van der Waals surface area contributed by atoms with Crippen LogP contribution in [0.2, 0.25) is 0 Å². The maximum Gasteiger partial charge on any atom is 0.238 e. The van der Waals surface area contributed by atoms with Crippen LogP contribution in [-0.4, -0.2) is 24.1 Å². The summed E-state index contributed by atoms with van der Waals surface area (Å²) in [7, 11) is 0. The van der Waals surface area contributed by atoms with Gasteiger partial charge in [-0.05, 0) is 53.6 Å². The van der Waals surface area contributed by atoms with Crippen LogP contribution in [0.3, 0.4) is 0 Å². The van der Waals surface area contributed by atoms with E-state index in [1.807, 2.05) is 48.5 Å². The fourth-order valence-corrected chi connectivity index (χ4v) is 8.60. The van der Waals surface area contributed by atoms with Crippen molar-refractivity contribution >= 4 is 65.6 Å². The van der Waals surface area contributed by atoms with Crippen LogP contribution in [0.25, 0.3) is 111 Å². The predicted octanol–water partition coefficient (Wildman–Crippen LogP) is 13.0. The molecule has 6 nitrogen and oxygen atoms in total. The number of aromatic nitrogens is 5. The molecule has 57 heavy (non-hydrogen) atoms. The molecule has 4 heterocycles. The summed E-state index contributed by atoms with van der Waals surface area (Å²) in [5.41, 5.74) is 11.1. The summed E-state index contributed by atoms with van der Waals surface area (Å²) >= 11 is 0. The maximum atomic E-state index is 6.31. The van der Waals surface area contributed by atoms with Crippen LogP contribution in [0.15, 0.2) is 192 Å². The van der Waals surface area contributed by atoms with Gasteiger partial charge in [0.1, 0.15) is 11.2 Å². The molecule has 0 amide bonds. The zero-order chi connectivity index (χ0) is 37.5. The molecule has 0 aliphatic rings. The Morgan fingerprint density at radius 1 is 0.333 bits per heavy atom. The first kappa shape index (κ1) is 31.5. The molecule has 8 aromatic carbocycles. The lowest BCUT2D eigenvalue weighted by molar-refractivity contribution is 0.669. The summed E-state index contributed by atoms with van der Waals surface area (Å²) in [6.07, 6.45) is 0. The van der Waals surface area contributed by atoms with E-state index in [9.17, 15) is 0 Å². The molecular weight excluding hydrogens is 699 g/mol. The first-order valence-electron chi connectivity index (χ1n) is 19.1. The molecule has 0 N–H and O–H groups in total.